The van der Waals surface area contributed by atoms with Crippen LogP contribution in [-0.2, 0) is 10.8 Å². The van der Waals surface area contributed by atoms with Crippen molar-refractivity contribution in [3.8, 4) is 11.1 Å². The van der Waals surface area contributed by atoms with E-state index in [1.54, 1.807) is 12.3 Å². The summed E-state index contributed by atoms with van der Waals surface area (Å²) in [6, 6.07) is 21.5. The lowest BCUT2D eigenvalue weighted by molar-refractivity contribution is 0.680. The third kappa shape index (κ3) is 2.93. The Morgan fingerprint density at radius 2 is 1.57 bits per heavy atom. The van der Waals surface area contributed by atoms with E-state index in [-0.39, 0.29) is 0 Å². The molecule has 2 nitrogen and oxygen atoms in total. The molecule has 0 spiro atoms. The highest BCUT2D eigenvalue weighted by Crippen LogP contribution is 2.28. The molecule has 0 amide bonds. The SMILES string of the molecule is Cc1ccc(-c2ccccc2S(=O)c2ccccn2)cc1. The van der Waals surface area contributed by atoms with Crippen molar-refractivity contribution in [1.82, 2.24) is 4.98 Å². The smallest absolute Gasteiger partial charge is 0.132 e. The average Bonchev–Trinajstić information content (AvgIpc) is 2.56. The first-order valence-electron chi connectivity index (χ1n) is 6.74. The highest BCUT2D eigenvalue weighted by molar-refractivity contribution is 7.85. The van der Waals surface area contributed by atoms with Crippen LogP contribution in [-0.4, -0.2) is 9.19 Å². The molecule has 104 valence electrons. The summed E-state index contributed by atoms with van der Waals surface area (Å²) >= 11 is 0. The maximum absolute atomic E-state index is 12.8. The molecule has 3 aromatic rings. The first kappa shape index (κ1) is 13.7. The predicted molar refractivity (Wildman–Crippen MR) is 85.5 cm³/mol. The molecule has 0 aliphatic heterocycles. The lowest BCUT2D eigenvalue weighted by atomic mass is 10.0. The number of aromatic nitrogens is 1. The molecule has 0 saturated carbocycles. The lowest BCUT2D eigenvalue weighted by Gasteiger charge is -2.09. The van der Waals surface area contributed by atoms with Gasteiger partial charge in [-0.05, 0) is 36.2 Å². The maximum atomic E-state index is 12.8. The molecule has 0 N–H and O–H groups in total. The Balaban J connectivity index is 2.08. The Kier molecular flexibility index (Phi) is 3.93. The second-order valence-electron chi connectivity index (χ2n) is 4.80. The van der Waals surface area contributed by atoms with Crippen LogP contribution in [0.1, 0.15) is 5.56 Å². The van der Waals surface area contributed by atoms with Gasteiger partial charge in [-0.2, -0.15) is 0 Å². The molecular formula is C18H15NOS. The van der Waals surface area contributed by atoms with Gasteiger partial charge in [-0.15, -0.1) is 0 Å². The van der Waals surface area contributed by atoms with Crippen LogP contribution in [0.15, 0.2) is 82.8 Å². The number of hydrogen-bond donors (Lipinski definition) is 0. The number of hydrogen-bond acceptors (Lipinski definition) is 2. The van der Waals surface area contributed by atoms with Gasteiger partial charge < -0.3 is 0 Å². The summed E-state index contributed by atoms with van der Waals surface area (Å²) in [7, 11) is -1.28. The monoisotopic (exact) mass is 293 g/mol. The Morgan fingerprint density at radius 3 is 2.29 bits per heavy atom. The van der Waals surface area contributed by atoms with Crippen LogP contribution in [0.4, 0.5) is 0 Å². The Morgan fingerprint density at radius 1 is 0.857 bits per heavy atom. The fourth-order valence-corrected chi connectivity index (χ4v) is 3.34. The molecule has 0 aliphatic rings. The molecule has 1 aromatic heterocycles. The number of aryl methyl sites for hydroxylation is 1. The maximum Gasteiger partial charge on any atom is 0.132 e. The third-order valence-corrected chi connectivity index (χ3v) is 4.65. The molecule has 3 heteroatoms. The van der Waals surface area contributed by atoms with Crippen LogP contribution in [0.3, 0.4) is 0 Å². The van der Waals surface area contributed by atoms with E-state index in [1.165, 1.54) is 5.56 Å². The van der Waals surface area contributed by atoms with E-state index in [0.717, 1.165) is 16.0 Å². The topological polar surface area (TPSA) is 30.0 Å². The van der Waals surface area contributed by atoms with Crippen molar-refractivity contribution < 1.29 is 4.21 Å². The molecule has 0 saturated heterocycles. The van der Waals surface area contributed by atoms with Crippen molar-refractivity contribution in [3.05, 3.63) is 78.5 Å². The van der Waals surface area contributed by atoms with Crippen LogP contribution in [0, 0.1) is 6.92 Å². The van der Waals surface area contributed by atoms with Gasteiger partial charge in [0, 0.05) is 6.20 Å². The van der Waals surface area contributed by atoms with E-state index >= 15 is 0 Å². The summed E-state index contributed by atoms with van der Waals surface area (Å²) in [5.74, 6) is 0. The molecule has 3 rings (SSSR count). The molecule has 21 heavy (non-hydrogen) atoms. The van der Waals surface area contributed by atoms with Crippen molar-refractivity contribution in [1.29, 1.82) is 0 Å². The van der Waals surface area contributed by atoms with Crippen LogP contribution in [0.25, 0.3) is 11.1 Å². The standard InChI is InChI=1S/C18H15NOS/c1-14-9-11-15(12-10-14)16-6-2-3-7-17(16)21(20)18-8-4-5-13-19-18/h2-13H,1H3. The Hall–Kier alpha value is -2.26. The zero-order chi connectivity index (χ0) is 14.7. The lowest BCUT2D eigenvalue weighted by Crippen LogP contribution is -1.98. The molecule has 1 unspecified atom stereocenters. The van der Waals surface area contributed by atoms with Crippen LogP contribution in [0.5, 0.6) is 0 Å². The van der Waals surface area contributed by atoms with E-state index in [2.05, 4.69) is 36.2 Å². The normalized spacial score (nSPS) is 12.0. The van der Waals surface area contributed by atoms with E-state index in [9.17, 15) is 4.21 Å². The van der Waals surface area contributed by atoms with Gasteiger partial charge in [0.15, 0.2) is 0 Å². The summed E-state index contributed by atoms with van der Waals surface area (Å²) < 4.78 is 12.8. The van der Waals surface area contributed by atoms with Gasteiger partial charge in [0.25, 0.3) is 0 Å². The van der Waals surface area contributed by atoms with Crippen molar-refractivity contribution in [2.24, 2.45) is 0 Å². The van der Waals surface area contributed by atoms with Gasteiger partial charge in [-0.3, -0.25) is 0 Å². The van der Waals surface area contributed by atoms with Gasteiger partial charge in [-0.1, -0.05) is 54.1 Å². The van der Waals surface area contributed by atoms with E-state index in [1.807, 2.05) is 36.4 Å². The minimum atomic E-state index is -1.28. The van der Waals surface area contributed by atoms with Gasteiger partial charge in [-0.25, -0.2) is 9.19 Å². The quantitative estimate of drug-likeness (QED) is 0.723. The van der Waals surface area contributed by atoms with Crippen molar-refractivity contribution in [2.45, 2.75) is 16.8 Å². The summed E-state index contributed by atoms with van der Waals surface area (Å²) in [4.78, 5) is 5.00. The molecule has 0 aliphatic carbocycles. The van der Waals surface area contributed by atoms with Gasteiger partial charge in [0.05, 0.1) is 4.90 Å². The molecule has 1 atom stereocenters. The number of pyridine rings is 1. The van der Waals surface area contributed by atoms with Gasteiger partial charge in [0.2, 0.25) is 0 Å². The van der Waals surface area contributed by atoms with Gasteiger partial charge in [0.1, 0.15) is 15.8 Å². The predicted octanol–water partition coefficient (Wildman–Crippen LogP) is 4.22. The van der Waals surface area contributed by atoms with Crippen LogP contribution in [0.2, 0.25) is 0 Å². The molecule has 2 aromatic carbocycles. The highest BCUT2D eigenvalue weighted by Gasteiger charge is 2.13. The summed E-state index contributed by atoms with van der Waals surface area (Å²) in [5.41, 5.74) is 3.27. The first-order valence-corrected chi connectivity index (χ1v) is 7.89. The zero-order valence-electron chi connectivity index (χ0n) is 11.7. The summed E-state index contributed by atoms with van der Waals surface area (Å²) in [5, 5.41) is 0.581. The van der Waals surface area contributed by atoms with Crippen LogP contribution < -0.4 is 0 Å². The number of rotatable bonds is 3. The minimum Gasteiger partial charge on any atom is -0.247 e. The first-order chi connectivity index (χ1) is 10.3. The Labute approximate surface area is 127 Å². The van der Waals surface area contributed by atoms with E-state index < -0.39 is 10.8 Å². The summed E-state index contributed by atoms with van der Waals surface area (Å²) in [6.45, 7) is 2.06. The third-order valence-electron chi connectivity index (χ3n) is 3.28. The molecule has 1 heterocycles. The fraction of sp³-hybridized carbons (Fsp3) is 0.0556. The van der Waals surface area contributed by atoms with Crippen molar-refractivity contribution in [3.63, 3.8) is 0 Å². The van der Waals surface area contributed by atoms with Gasteiger partial charge >= 0.3 is 0 Å². The molecular weight excluding hydrogens is 278 g/mol. The number of nitrogens with zero attached hydrogens (tertiary/aromatic N) is 1. The van der Waals surface area contributed by atoms with Crippen molar-refractivity contribution >= 4 is 10.8 Å². The molecule has 0 bridgehead atoms. The molecule has 0 fully saturated rings. The largest absolute Gasteiger partial charge is 0.247 e. The zero-order valence-corrected chi connectivity index (χ0v) is 12.5. The second-order valence-corrected chi connectivity index (χ2v) is 6.19. The second kappa shape index (κ2) is 6.02. The number of benzene rings is 2. The average molecular weight is 293 g/mol. The summed E-state index contributed by atoms with van der Waals surface area (Å²) in [6.07, 6.45) is 1.67. The van der Waals surface area contributed by atoms with Crippen molar-refractivity contribution in [2.75, 3.05) is 0 Å². The van der Waals surface area contributed by atoms with E-state index in [4.69, 9.17) is 0 Å². The fourth-order valence-electron chi connectivity index (χ4n) is 2.17. The molecule has 0 radical (unpaired) electrons. The minimum absolute atomic E-state index is 0.581. The Bertz CT molecular complexity index is 767. The highest BCUT2D eigenvalue weighted by atomic mass is 32.2. The van der Waals surface area contributed by atoms with Crippen LogP contribution >= 0.6 is 0 Å². The van der Waals surface area contributed by atoms with E-state index in [0.29, 0.717) is 5.03 Å².